The summed E-state index contributed by atoms with van der Waals surface area (Å²) < 4.78 is 17.0. The van der Waals surface area contributed by atoms with Crippen molar-refractivity contribution >= 4 is 11.0 Å². The molecule has 2 aromatic carbocycles. The first-order valence-electron chi connectivity index (χ1n) is 8.36. The number of aliphatic hydroxyl groups excluding tert-OH is 1. The lowest BCUT2D eigenvalue weighted by atomic mass is 10.0. The van der Waals surface area contributed by atoms with Crippen LogP contribution in [0.15, 0.2) is 53.3 Å². The lowest BCUT2D eigenvalue weighted by Crippen LogP contribution is -2.38. The van der Waals surface area contributed by atoms with Gasteiger partial charge in [-0.25, -0.2) is 9.18 Å². The molecule has 0 aliphatic heterocycles. The Labute approximate surface area is 145 Å². The van der Waals surface area contributed by atoms with Gasteiger partial charge >= 0.3 is 5.69 Å². The van der Waals surface area contributed by atoms with Crippen molar-refractivity contribution in [1.82, 2.24) is 14.5 Å². The van der Waals surface area contributed by atoms with Crippen molar-refractivity contribution in [2.75, 3.05) is 13.6 Å². The van der Waals surface area contributed by atoms with Gasteiger partial charge in [-0.05, 0) is 37.7 Å². The fraction of sp³-hybridized carbons (Fsp3) is 0.316. The summed E-state index contributed by atoms with van der Waals surface area (Å²) in [6, 6.07) is 13.0. The number of imidazole rings is 1. The molecule has 0 aliphatic rings. The van der Waals surface area contributed by atoms with Gasteiger partial charge < -0.3 is 10.4 Å². The number of fused-ring (bicyclic) bond motifs is 1. The van der Waals surface area contributed by atoms with Crippen molar-refractivity contribution in [2.45, 2.75) is 25.6 Å². The molecular formula is C19H22FN3O2. The Bertz CT molecular complexity index is 918. The smallest absolute Gasteiger partial charge is 0.329 e. The third-order valence-electron chi connectivity index (χ3n) is 4.44. The third-order valence-corrected chi connectivity index (χ3v) is 4.44. The van der Waals surface area contributed by atoms with Crippen molar-refractivity contribution < 1.29 is 9.50 Å². The van der Waals surface area contributed by atoms with Gasteiger partial charge in [-0.3, -0.25) is 9.13 Å². The quantitative estimate of drug-likeness (QED) is 0.721. The second kappa shape index (κ2) is 7.21. The zero-order chi connectivity index (χ0) is 18.0. The van der Waals surface area contributed by atoms with Gasteiger partial charge in [0.1, 0.15) is 5.82 Å². The van der Waals surface area contributed by atoms with Crippen LogP contribution in [0, 0.1) is 5.82 Å². The van der Waals surface area contributed by atoms with Crippen molar-refractivity contribution in [1.29, 1.82) is 0 Å². The van der Waals surface area contributed by atoms with Gasteiger partial charge in [0.25, 0.3) is 0 Å². The number of halogens is 1. The highest BCUT2D eigenvalue weighted by Gasteiger charge is 2.27. The van der Waals surface area contributed by atoms with Crippen molar-refractivity contribution in [2.24, 2.45) is 0 Å². The van der Waals surface area contributed by atoms with E-state index in [1.165, 1.54) is 16.7 Å². The molecule has 0 saturated carbocycles. The standard InChI is InChI=1S/C19H22FN3O2/c1-3-22-15-10-9-14(20)11-16(15)23(19(22)25)18(17(24)12-21-2)13-7-5-4-6-8-13/h4-11,17-18,21,24H,3,12H2,1-2H3/t17-,18-/m0/s1. The molecule has 2 N–H and O–H groups in total. The summed E-state index contributed by atoms with van der Waals surface area (Å²) in [5, 5.41) is 13.7. The fourth-order valence-corrected chi connectivity index (χ4v) is 3.34. The van der Waals surface area contributed by atoms with E-state index in [4.69, 9.17) is 0 Å². The molecule has 0 bridgehead atoms. The molecule has 6 heteroatoms. The number of aryl methyl sites for hydroxylation is 1. The minimum absolute atomic E-state index is 0.257. The first-order chi connectivity index (χ1) is 12.1. The largest absolute Gasteiger partial charge is 0.389 e. The highest BCUT2D eigenvalue weighted by Crippen LogP contribution is 2.26. The molecule has 2 atom stereocenters. The molecule has 0 aliphatic carbocycles. The predicted molar refractivity (Wildman–Crippen MR) is 96.3 cm³/mol. The number of aromatic nitrogens is 2. The molecule has 0 amide bonds. The SMILES string of the molecule is CCn1c(=O)n([C@@H](c2ccccc2)[C@@H](O)CNC)c2cc(F)ccc21. The maximum absolute atomic E-state index is 13.9. The van der Waals surface area contributed by atoms with Crippen molar-refractivity contribution in [3.05, 3.63) is 70.4 Å². The molecule has 0 saturated heterocycles. The van der Waals surface area contributed by atoms with Crippen LogP contribution < -0.4 is 11.0 Å². The summed E-state index contributed by atoms with van der Waals surface area (Å²) in [5.74, 6) is -0.413. The molecule has 3 aromatic rings. The number of hydrogen-bond acceptors (Lipinski definition) is 3. The molecule has 0 unspecified atom stereocenters. The average molecular weight is 343 g/mol. The van der Waals surface area contributed by atoms with Crippen LogP contribution in [0.3, 0.4) is 0 Å². The summed E-state index contributed by atoms with van der Waals surface area (Å²) in [6.45, 7) is 2.65. The zero-order valence-corrected chi connectivity index (χ0v) is 14.3. The number of likely N-dealkylation sites (N-methyl/N-ethyl adjacent to an activating group) is 1. The number of nitrogens with zero attached hydrogens (tertiary/aromatic N) is 2. The summed E-state index contributed by atoms with van der Waals surface area (Å²) in [5.41, 5.74) is 1.68. The van der Waals surface area contributed by atoms with Crippen LogP contribution in [-0.4, -0.2) is 33.9 Å². The molecule has 25 heavy (non-hydrogen) atoms. The molecule has 5 nitrogen and oxygen atoms in total. The van der Waals surface area contributed by atoms with E-state index in [-0.39, 0.29) is 5.69 Å². The minimum atomic E-state index is -0.843. The number of hydrogen-bond donors (Lipinski definition) is 2. The maximum atomic E-state index is 13.9. The Morgan fingerprint density at radius 3 is 2.52 bits per heavy atom. The monoisotopic (exact) mass is 343 g/mol. The van der Waals surface area contributed by atoms with Gasteiger partial charge in [0, 0.05) is 13.1 Å². The van der Waals surface area contributed by atoms with Gasteiger partial charge in [0.2, 0.25) is 0 Å². The Hall–Kier alpha value is -2.44. The fourth-order valence-electron chi connectivity index (χ4n) is 3.34. The lowest BCUT2D eigenvalue weighted by Gasteiger charge is -2.25. The normalized spacial score (nSPS) is 13.9. The topological polar surface area (TPSA) is 59.2 Å². The molecule has 0 fully saturated rings. The Morgan fingerprint density at radius 1 is 1.16 bits per heavy atom. The van der Waals surface area contributed by atoms with Crippen LogP contribution in [0.5, 0.6) is 0 Å². The average Bonchev–Trinajstić information content (AvgIpc) is 2.88. The van der Waals surface area contributed by atoms with E-state index in [1.807, 2.05) is 37.3 Å². The van der Waals surface area contributed by atoms with Gasteiger partial charge in [0.05, 0.1) is 23.2 Å². The number of aliphatic hydroxyl groups is 1. The third kappa shape index (κ3) is 3.10. The van der Waals surface area contributed by atoms with Crippen LogP contribution in [0.4, 0.5) is 4.39 Å². The van der Waals surface area contributed by atoms with E-state index >= 15 is 0 Å². The van der Waals surface area contributed by atoms with E-state index in [0.29, 0.717) is 24.1 Å². The molecule has 3 rings (SSSR count). The first kappa shape index (κ1) is 17.4. The summed E-state index contributed by atoms with van der Waals surface area (Å²) in [6.07, 6.45) is -0.843. The van der Waals surface area contributed by atoms with Crippen LogP contribution >= 0.6 is 0 Å². The number of nitrogens with one attached hydrogen (secondary N) is 1. The second-order valence-corrected chi connectivity index (χ2v) is 6.01. The molecular weight excluding hydrogens is 321 g/mol. The Morgan fingerprint density at radius 2 is 1.88 bits per heavy atom. The zero-order valence-electron chi connectivity index (χ0n) is 14.3. The van der Waals surface area contributed by atoms with Gasteiger partial charge in [-0.15, -0.1) is 0 Å². The Kier molecular flexibility index (Phi) is 5.01. The van der Waals surface area contributed by atoms with Gasteiger partial charge in [-0.1, -0.05) is 30.3 Å². The van der Waals surface area contributed by atoms with Crippen molar-refractivity contribution in [3.8, 4) is 0 Å². The first-order valence-corrected chi connectivity index (χ1v) is 8.36. The molecule has 0 spiro atoms. The van der Waals surface area contributed by atoms with Gasteiger partial charge in [0.15, 0.2) is 0 Å². The van der Waals surface area contributed by atoms with E-state index in [1.54, 1.807) is 17.7 Å². The highest BCUT2D eigenvalue weighted by atomic mass is 19.1. The van der Waals surface area contributed by atoms with E-state index in [9.17, 15) is 14.3 Å². The predicted octanol–water partition coefficient (Wildman–Crippen LogP) is 2.13. The molecule has 1 aromatic heterocycles. The highest BCUT2D eigenvalue weighted by molar-refractivity contribution is 5.76. The van der Waals surface area contributed by atoms with Crippen LogP contribution in [0.2, 0.25) is 0 Å². The van der Waals surface area contributed by atoms with E-state index in [2.05, 4.69) is 5.32 Å². The maximum Gasteiger partial charge on any atom is 0.329 e. The summed E-state index contributed by atoms with van der Waals surface area (Å²) in [7, 11) is 1.74. The molecule has 0 radical (unpaired) electrons. The number of benzene rings is 2. The van der Waals surface area contributed by atoms with E-state index in [0.717, 1.165) is 5.56 Å². The molecule has 1 heterocycles. The summed E-state index contributed by atoms with van der Waals surface area (Å²) in [4.78, 5) is 13.0. The number of rotatable bonds is 6. The van der Waals surface area contributed by atoms with Crippen LogP contribution in [0.1, 0.15) is 18.5 Å². The van der Waals surface area contributed by atoms with Gasteiger partial charge in [-0.2, -0.15) is 0 Å². The lowest BCUT2D eigenvalue weighted by molar-refractivity contribution is 0.130. The van der Waals surface area contributed by atoms with Crippen molar-refractivity contribution in [3.63, 3.8) is 0 Å². The minimum Gasteiger partial charge on any atom is -0.389 e. The molecule has 132 valence electrons. The summed E-state index contributed by atoms with van der Waals surface area (Å²) >= 11 is 0. The van der Waals surface area contributed by atoms with Crippen LogP contribution in [0.25, 0.3) is 11.0 Å². The van der Waals surface area contributed by atoms with Crippen LogP contribution in [-0.2, 0) is 6.54 Å². The Balaban J connectivity index is 2.31. The second-order valence-electron chi connectivity index (χ2n) is 6.01. The van der Waals surface area contributed by atoms with E-state index < -0.39 is 18.0 Å².